The first-order chi connectivity index (χ1) is 9.76. The van der Waals surface area contributed by atoms with Crippen LogP contribution >= 0.6 is 15.9 Å². The molecule has 1 aromatic rings. The van der Waals surface area contributed by atoms with Gasteiger partial charge in [-0.05, 0) is 24.1 Å². The average molecular weight is 340 g/mol. The topological polar surface area (TPSA) is 29.1 Å². The fourth-order valence-corrected chi connectivity index (χ4v) is 2.52. The van der Waals surface area contributed by atoms with Crippen molar-refractivity contribution in [2.45, 2.75) is 63.6 Å². The lowest BCUT2D eigenvalue weighted by Crippen LogP contribution is -2.10. The van der Waals surface area contributed by atoms with Crippen molar-refractivity contribution in [3.05, 3.63) is 29.8 Å². The third kappa shape index (κ3) is 7.68. The van der Waals surface area contributed by atoms with E-state index in [2.05, 4.69) is 28.2 Å². The monoisotopic (exact) mass is 339 g/mol. The minimum Gasteiger partial charge on any atom is -0.326 e. The quantitative estimate of drug-likeness (QED) is 0.432. The Bertz CT molecular complexity index is 375. The SMILES string of the molecule is CCCCCCCCCC(=O)Nc1ccc(CBr)cc1. The first-order valence-electron chi connectivity index (χ1n) is 7.71. The van der Waals surface area contributed by atoms with E-state index in [1.807, 2.05) is 24.3 Å². The summed E-state index contributed by atoms with van der Waals surface area (Å²) in [6.07, 6.45) is 9.32. The van der Waals surface area contributed by atoms with Gasteiger partial charge >= 0.3 is 0 Å². The van der Waals surface area contributed by atoms with Crippen LogP contribution in [0.15, 0.2) is 24.3 Å². The Morgan fingerprint density at radius 2 is 1.60 bits per heavy atom. The molecule has 0 bridgehead atoms. The number of carbonyl (C=O) groups excluding carboxylic acids is 1. The summed E-state index contributed by atoms with van der Waals surface area (Å²) in [4.78, 5) is 11.8. The van der Waals surface area contributed by atoms with Gasteiger partial charge in [0.25, 0.3) is 0 Å². The Morgan fingerprint density at radius 1 is 1.00 bits per heavy atom. The molecule has 20 heavy (non-hydrogen) atoms. The summed E-state index contributed by atoms with van der Waals surface area (Å²) in [5.41, 5.74) is 2.11. The third-order valence-electron chi connectivity index (χ3n) is 3.40. The molecule has 0 heterocycles. The Balaban J connectivity index is 2.10. The Hall–Kier alpha value is -0.830. The minimum atomic E-state index is 0.130. The molecule has 0 aliphatic rings. The maximum atomic E-state index is 11.8. The molecule has 0 aliphatic heterocycles. The molecule has 1 rings (SSSR count). The summed E-state index contributed by atoms with van der Waals surface area (Å²) in [6.45, 7) is 2.23. The molecule has 0 aliphatic carbocycles. The lowest BCUT2D eigenvalue weighted by atomic mass is 10.1. The van der Waals surface area contributed by atoms with Gasteiger partial charge in [-0.1, -0.05) is 73.5 Å². The number of unbranched alkanes of at least 4 members (excludes halogenated alkanes) is 6. The zero-order valence-electron chi connectivity index (χ0n) is 12.5. The molecule has 1 amide bonds. The van der Waals surface area contributed by atoms with Crippen molar-refractivity contribution in [3.8, 4) is 0 Å². The molecule has 1 N–H and O–H groups in total. The van der Waals surface area contributed by atoms with E-state index in [0.29, 0.717) is 6.42 Å². The molecule has 0 fully saturated rings. The van der Waals surface area contributed by atoms with Gasteiger partial charge in [0.2, 0.25) is 5.91 Å². The number of nitrogens with one attached hydrogen (secondary N) is 1. The fraction of sp³-hybridized carbons (Fsp3) is 0.588. The molecule has 1 aromatic carbocycles. The summed E-state index contributed by atoms with van der Waals surface area (Å²) in [5.74, 6) is 0.130. The van der Waals surface area contributed by atoms with Crippen LogP contribution in [0.5, 0.6) is 0 Å². The fourth-order valence-electron chi connectivity index (χ4n) is 2.14. The molecular weight excluding hydrogens is 314 g/mol. The number of alkyl halides is 1. The lowest BCUT2D eigenvalue weighted by molar-refractivity contribution is -0.116. The summed E-state index contributed by atoms with van der Waals surface area (Å²) < 4.78 is 0. The van der Waals surface area contributed by atoms with E-state index in [1.54, 1.807) is 0 Å². The highest BCUT2D eigenvalue weighted by Gasteiger charge is 2.02. The van der Waals surface area contributed by atoms with Gasteiger partial charge in [-0.25, -0.2) is 0 Å². The van der Waals surface area contributed by atoms with E-state index >= 15 is 0 Å². The van der Waals surface area contributed by atoms with E-state index in [0.717, 1.165) is 17.4 Å². The van der Waals surface area contributed by atoms with E-state index in [-0.39, 0.29) is 5.91 Å². The zero-order valence-corrected chi connectivity index (χ0v) is 14.0. The van der Waals surface area contributed by atoms with Crippen molar-refractivity contribution in [3.63, 3.8) is 0 Å². The number of anilines is 1. The maximum Gasteiger partial charge on any atom is 0.224 e. The van der Waals surface area contributed by atoms with E-state index in [9.17, 15) is 4.79 Å². The molecule has 0 aromatic heterocycles. The largest absolute Gasteiger partial charge is 0.326 e. The molecule has 0 saturated heterocycles. The number of hydrogen-bond acceptors (Lipinski definition) is 1. The van der Waals surface area contributed by atoms with Gasteiger partial charge in [-0.3, -0.25) is 4.79 Å². The van der Waals surface area contributed by atoms with Crippen LogP contribution in [0.3, 0.4) is 0 Å². The number of amides is 1. The van der Waals surface area contributed by atoms with Crippen molar-refractivity contribution >= 4 is 27.5 Å². The predicted molar refractivity (Wildman–Crippen MR) is 90.3 cm³/mol. The Morgan fingerprint density at radius 3 is 2.20 bits per heavy atom. The van der Waals surface area contributed by atoms with Crippen LogP contribution < -0.4 is 5.32 Å². The van der Waals surface area contributed by atoms with Crippen LogP contribution in [-0.4, -0.2) is 5.91 Å². The van der Waals surface area contributed by atoms with Crippen molar-refractivity contribution in [2.75, 3.05) is 5.32 Å². The van der Waals surface area contributed by atoms with Gasteiger partial charge in [0.05, 0.1) is 0 Å². The van der Waals surface area contributed by atoms with Gasteiger partial charge in [-0.2, -0.15) is 0 Å². The second kappa shape index (κ2) is 10.9. The molecule has 0 spiro atoms. The van der Waals surface area contributed by atoms with Gasteiger partial charge < -0.3 is 5.32 Å². The van der Waals surface area contributed by atoms with Gasteiger partial charge in [-0.15, -0.1) is 0 Å². The smallest absolute Gasteiger partial charge is 0.224 e. The second-order valence-electron chi connectivity index (χ2n) is 5.25. The Labute approximate surface area is 131 Å². The molecule has 3 heteroatoms. The van der Waals surface area contributed by atoms with Crippen molar-refractivity contribution in [1.29, 1.82) is 0 Å². The van der Waals surface area contributed by atoms with Crippen LogP contribution in [0.25, 0.3) is 0 Å². The van der Waals surface area contributed by atoms with Gasteiger partial charge in [0, 0.05) is 17.4 Å². The molecular formula is C17H26BrNO. The van der Waals surface area contributed by atoms with Crippen molar-refractivity contribution in [1.82, 2.24) is 0 Å². The van der Waals surface area contributed by atoms with Gasteiger partial charge in [0.1, 0.15) is 0 Å². The first kappa shape index (κ1) is 17.2. The molecule has 0 radical (unpaired) electrons. The predicted octanol–water partition coefficient (Wildman–Crippen LogP) is 5.66. The number of halogens is 1. The number of hydrogen-bond donors (Lipinski definition) is 1. The Kier molecular flexibility index (Phi) is 9.38. The molecule has 0 atom stereocenters. The highest BCUT2D eigenvalue weighted by Crippen LogP contribution is 2.13. The molecule has 2 nitrogen and oxygen atoms in total. The molecule has 112 valence electrons. The highest BCUT2D eigenvalue weighted by atomic mass is 79.9. The van der Waals surface area contributed by atoms with Gasteiger partial charge in [0.15, 0.2) is 0 Å². The number of carbonyl (C=O) groups is 1. The maximum absolute atomic E-state index is 11.8. The normalized spacial score (nSPS) is 10.5. The van der Waals surface area contributed by atoms with Crippen LogP contribution in [0, 0.1) is 0 Å². The average Bonchev–Trinajstić information content (AvgIpc) is 2.47. The van der Waals surface area contributed by atoms with Crippen LogP contribution in [0.1, 0.15) is 63.9 Å². The third-order valence-corrected chi connectivity index (χ3v) is 4.05. The van der Waals surface area contributed by atoms with E-state index in [1.165, 1.54) is 44.1 Å². The van der Waals surface area contributed by atoms with E-state index in [4.69, 9.17) is 0 Å². The first-order valence-corrected chi connectivity index (χ1v) is 8.83. The number of benzene rings is 1. The summed E-state index contributed by atoms with van der Waals surface area (Å²) in [7, 11) is 0. The summed E-state index contributed by atoms with van der Waals surface area (Å²) in [5, 5.41) is 3.80. The lowest BCUT2D eigenvalue weighted by Gasteiger charge is -2.06. The minimum absolute atomic E-state index is 0.130. The highest BCUT2D eigenvalue weighted by molar-refractivity contribution is 9.08. The van der Waals surface area contributed by atoms with Crippen LogP contribution in [0.2, 0.25) is 0 Å². The van der Waals surface area contributed by atoms with Crippen molar-refractivity contribution < 1.29 is 4.79 Å². The number of rotatable bonds is 10. The van der Waals surface area contributed by atoms with E-state index < -0.39 is 0 Å². The standard InChI is InChI=1S/C17H26BrNO/c1-2-3-4-5-6-7-8-9-17(20)19-16-12-10-15(14-18)11-13-16/h10-13H,2-9,14H2,1H3,(H,19,20). The second-order valence-corrected chi connectivity index (χ2v) is 5.81. The van der Waals surface area contributed by atoms with Crippen molar-refractivity contribution in [2.24, 2.45) is 0 Å². The summed E-state index contributed by atoms with van der Waals surface area (Å²) >= 11 is 3.41. The van der Waals surface area contributed by atoms with Crippen LogP contribution in [-0.2, 0) is 10.1 Å². The summed E-state index contributed by atoms with van der Waals surface area (Å²) in [6, 6.07) is 7.97. The van der Waals surface area contributed by atoms with Crippen LogP contribution in [0.4, 0.5) is 5.69 Å². The molecule has 0 saturated carbocycles. The molecule has 0 unspecified atom stereocenters. The zero-order chi connectivity index (χ0) is 14.6.